The van der Waals surface area contributed by atoms with E-state index in [0.717, 1.165) is 17.5 Å². The van der Waals surface area contributed by atoms with Gasteiger partial charge in [0.15, 0.2) is 17.3 Å². The molecule has 182 valence electrons. The molecule has 1 aliphatic carbocycles. The minimum atomic E-state index is -0.569. The first-order valence-corrected chi connectivity index (χ1v) is 12.2. The van der Waals surface area contributed by atoms with Crippen molar-refractivity contribution in [2.24, 2.45) is 0 Å². The van der Waals surface area contributed by atoms with Gasteiger partial charge in [-0.15, -0.1) is 0 Å². The molecule has 1 atom stereocenters. The first-order chi connectivity index (χ1) is 17.5. The van der Waals surface area contributed by atoms with E-state index in [2.05, 4.69) is 9.97 Å². The molecule has 1 aliphatic heterocycles. The molecular formula is C27H22ClN3O5. The molecule has 2 aromatic carbocycles. The molecular weight excluding hydrogens is 482 g/mol. The van der Waals surface area contributed by atoms with Crippen LogP contribution in [0.3, 0.4) is 0 Å². The molecule has 2 aromatic heterocycles. The summed E-state index contributed by atoms with van der Waals surface area (Å²) in [6, 6.07) is 12.9. The molecule has 1 unspecified atom stereocenters. The number of carbonyl (C=O) groups excluding carboxylic acids is 1. The van der Waals surface area contributed by atoms with Crippen molar-refractivity contribution in [1.29, 1.82) is 0 Å². The number of benzene rings is 2. The van der Waals surface area contributed by atoms with E-state index in [0.29, 0.717) is 53.7 Å². The number of ketones is 1. The fourth-order valence-corrected chi connectivity index (χ4v) is 5.24. The summed E-state index contributed by atoms with van der Waals surface area (Å²) < 4.78 is 12.9. The van der Waals surface area contributed by atoms with Gasteiger partial charge in [-0.25, -0.2) is 9.78 Å². The van der Waals surface area contributed by atoms with Crippen molar-refractivity contribution in [1.82, 2.24) is 14.5 Å². The van der Waals surface area contributed by atoms with Crippen LogP contribution < -0.4 is 20.7 Å². The fraction of sp³-hybridized carbons (Fsp3) is 0.259. The van der Waals surface area contributed by atoms with E-state index in [1.165, 1.54) is 10.8 Å². The highest BCUT2D eigenvalue weighted by atomic mass is 35.5. The van der Waals surface area contributed by atoms with Crippen molar-refractivity contribution >= 4 is 28.4 Å². The summed E-state index contributed by atoms with van der Waals surface area (Å²) in [4.78, 5) is 45.8. The summed E-state index contributed by atoms with van der Waals surface area (Å²) in [5, 5.41) is 0.855. The zero-order valence-electron chi connectivity index (χ0n) is 19.3. The number of carbonyl (C=O) groups is 1. The summed E-state index contributed by atoms with van der Waals surface area (Å²) >= 11 is 6.18. The maximum Gasteiger partial charge on any atom is 0.330 e. The number of hydrogen-bond donors (Lipinski definition) is 1. The van der Waals surface area contributed by atoms with Gasteiger partial charge in [0.25, 0.3) is 5.56 Å². The molecule has 2 aliphatic rings. The van der Waals surface area contributed by atoms with E-state index in [1.54, 1.807) is 6.07 Å². The Morgan fingerprint density at radius 2 is 1.86 bits per heavy atom. The van der Waals surface area contributed by atoms with Crippen LogP contribution in [0.5, 0.6) is 11.5 Å². The third-order valence-electron chi connectivity index (χ3n) is 6.77. The van der Waals surface area contributed by atoms with Crippen LogP contribution in [0.2, 0.25) is 5.02 Å². The second-order valence-electron chi connectivity index (χ2n) is 9.11. The highest BCUT2D eigenvalue weighted by Gasteiger charge is 2.30. The van der Waals surface area contributed by atoms with Crippen molar-refractivity contribution in [3.8, 4) is 11.5 Å². The van der Waals surface area contributed by atoms with Gasteiger partial charge in [0.05, 0.1) is 25.1 Å². The first-order valence-electron chi connectivity index (χ1n) is 11.8. The summed E-state index contributed by atoms with van der Waals surface area (Å²) in [6.45, 7) is 1.30. The minimum Gasteiger partial charge on any atom is -0.490 e. The van der Waals surface area contributed by atoms with Crippen LogP contribution in [-0.2, 0) is 13.0 Å². The van der Waals surface area contributed by atoms with Crippen molar-refractivity contribution in [2.75, 3.05) is 13.2 Å². The number of hydrogen-bond acceptors (Lipinski definition) is 6. The predicted octanol–water partition coefficient (Wildman–Crippen LogP) is 3.86. The predicted molar refractivity (Wildman–Crippen MR) is 135 cm³/mol. The maximum atomic E-state index is 13.0. The van der Waals surface area contributed by atoms with Gasteiger partial charge in [-0.05, 0) is 53.3 Å². The lowest BCUT2D eigenvalue weighted by Gasteiger charge is -2.25. The zero-order chi connectivity index (χ0) is 24.8. The van der Waals surface area contributed by atoms with Crippen LogP contribution in [-0.4, -0.2) is 33.5 Å². The highest BCUT2D eigenvalue weighted by Crippen LogP contribution is 2.36. The normalized spacial score (nSPS) is 17.0. The number of nitrogens with one attached hydrogen (secondary N) is 1. The second kappa shape index (κ2) is 8.95. The number of halogens is 1. The number of aromatic nitrogens is 3. The Morgan fingerprint density at radius 3 is 2.69 bits per heavy atom. The number of H-pyrrole nitrogens is 1. The van der Waals surface area contributed by atoms with Crippen molar-refractivity contribution in [3.05, 3.63) is 96.8 Å². The molecule has 0 saturated carbocycles. The lowest BCUT2D eigenvalue weighted by molar-refractivity contribution is 0.0964. The largest absolute Gasteiger partial charge is 0.490 e. The van der Waals surface area contributed by atoms with Crippen molar-refractivity contribution in [3.63, 3.8) is 0 Å². The van der Waals surface area contributed by atoms with Gasteiger partial charge in [0, 0.05) is 29.6 Å². The Kier molecular flexibility index (Phi) is 5.60. The van der Waals surface area contributed by atoms with Crippen LogP contribution >= 0.6 is 11.6 Å². The SMILES string of the molecule is O=C1CC(c2cccc(Cl)c2)Cc2c1cnc1c2c(=O)[nH]c(=O)n1Cc1ccc2c(c1)OCCCO2. The Bertz CT molecular complexity index is 1640. The quantitative estimate of drug-likeness (QED) is 0.455. The van der Waals surface area contributed by atoms with Crippen molar-refractivity contribution < 1.29 is 14.3 Å². The maximum absolute atomic E-state index is 13.0. The van der Waals surface area contributed by atoms with E-state index in [1.807, 2.05) is 36.4 Å². The molecule has 8 nitrogen and oxygen atoms in total. The van der Waals surface area contributed by atoms with E-state index in [4.69, 9.17) is 21.1 Å². The number of ether oxygens (including phenoxy) is 2. The molecule has 0 spiro atoms. The number of fused-ring (bicyclic) bond motifs is 4. The average Bonchev–Trinajstić information content (AvgIpc) is 3.11. The molecule has 0 fully saturated rings. The van der Waals surface area contributed by atoms with Crippen LogP contribution in [0.15, 0.2) is 58.3 Å². The van der Waals surface area contributed by atoms with Crippen LogP contribution in [0.4, 0.5) is 0 Å². The third-order valence-corrected chi connectivity index (χ3v) is 7.01. The second-order valence-corrected chi connectivity index (χ2v) is 9.55. The zero-order valence-corrected chi connectivity index (χ0v) is 20.0. The molecule has 0 amide bonds. The summed E-state index contributed by atoms with van der Waals surface area (Å²) in [5.41, 5.74) is 1.89. The van der Waals surface area contributed by atoms with E-state index >= 15 is 0 Å². The summed E-state index contributed by atoms with van der Waals surface area (Å²) in [7, 11) is 0. The summed E-state index contributed by atoms with van der Waals surface area (Å²) in [6.07, 6.45) is 3.04. The van der Waals surface area contributed by atoms with Gasteiger partial charge in [-0.3, -0.25) is 19.1 Å². The molecule has 4 aromatic rings. The van der Waals surface area contributed by atoms with Crippen molar-refractivity contribution in [2.45, 2.75) is 31.7 Å². The van der Waals surface area contributed by atoms with E-state index in [-0.39, 0.29) is 29.3 Å². The van der Waals surface area contributed by atoms with E-state index in [9.17, 15) is 14.4 Å². The molecule has 3 heterocycles. The minimum absolute atomic E-state index is 0.0873. The standard InChI is InChI=1S/C27H22ClN3O5/c28-18-4-1-3-16(10-18)17-11-19-20(21(32)12-17)13-29-25-24(19)26(33)30-27(34)31(25)14-15-5-6-22-23(9-15)36-8-2-7-35-22/h1,3-6,9-10,13,17H,2,7-8,11-12,14H2,(H,30,33,34). The Hall–Kier alpha value is -3.91. The van der Waals surface area contributed by atoms with Crippen LogP contribution in [0.25, 0.3) is 11.0 Å². The molecule has 0 radical (unpaired) electrons. The molecule has 9 heteroatoms. The van der Waals surface area contributed by atoms with Gasteiger partial charge < -0.3 is 9.47 Å². The fourth-order valence-electron chi connectivity index (χ4n) is 5.04. The Labute approximate surface area is 210 Å². The van der Waals surface area contributed by atoms with Crippen LogP contribution in [0, 0.1) is 0 Å². The average molecular weight is 504 g/mol. The Balaban J connectivity index is 1.45. The summed E-state index contributed by atoms with van der Waals surface area (Å²) in [5.74, 6) is 1.06. The Morgan fingerprint density at radius 1 is 1.03 bits per heavy atom. The lowest BCUT2D eigenvalue weighted by Crippen LogP contribution is -2.33. The van der Waals surface area contributed by atoms with Gasteiger partial charge >= 0.3 is 5.69 Å². The third kappa shape index (κ3) is 3.97. The van der Waals surface area contributed by atoms with Gasteiger partial charge in [-0.2, -0.15) is 0 Å². The number of pyridine rings is 1. The molecule has 36 heavy (non-hydrogen) atoms. The van der Waals surface area contributed by atoms with Gasteiger partial charge in [0.1, 0.15) is 5.65 Å². The molecule has 1 N–H and O–H groups in total. The smallest absolute Gasteiger partial charge is 0.330 e. The number of aromatic amines is 1. The first kappa shape index (κ1) is 22.5. The lowest BCUT2D eigenvalue weighted by atomic mass is 9.79. The van der Waals surface area contributed by atoms with Gasteiger partial charge in [0.2, 0.25) is 0 Å². The molecule has 6 rings (SSSR count). The van der Waals surface area contributed by atoms with E-state index < -0.39 is 11.2 Å². The monoisotopic (exact) mass is 503 g/mol. The van der Waals surface area contributed by atoms with Gasteiger partial charge in [-0.1, -0.05) is 29.8 Å². The molecule has 0 saturated heterocycles. The molecule has 0 bridgehead atoms. The number of rotatable bonds is 3. The number of Topliss-reactive ketones (excluding diaryl/α,β-unsaturated/α-hetero) is 1. The highest BCUT2D eigenvalue weighted by molar-refractivity contribution is 6.30. The topological polar surface area (TPSA) is 103 Å². The number of nitrogens with zero attached hydrogens (tertiary/aromatic N) is 2. The van der Waals surface area contributed by atoms with Crippen LogP contribution in [0.1, 0.15) is 45.8 Å².